The van der Waals surface area contributed by atoms with Gasteiger partial charge < -0.3 is 10.5 Å². The van der Waals surface area contributed by atoms with Crippen LogP contribution in [0.5, 0.6) is 5.75 Å². The van der Waals surface area contributed by atoms with Crippen LogP contribution in [0.25, 0.3) is 10.2 Å². The minimum absolute atomic E-state index is 0.334. The molecule has 0 spiro atoms. The first kappa shape index (κ1) is 14.3. The van der Waals surface area contributed by atoms with Gasteiger partial charge in [-0.15, -0.1) is 11.3 Å². The zero-order chi connectivity index (χ0) is 14.0. The first-order valence-corrected chi connectivity index (χ1v) is 7.47. The van der Waals surface area contributed by atoms with Gasteiger partial charge in [0.2, 0.25) is 0 Å². The Hall–Kier alpha value is -1.13. The van der Waals surface area contributed by atoms with Gasteiger partial charge in [0, 0.05) is 12.0 Å². The average Bonchev–Trinajstić information content (AvgIpc) is 2.66. The van der Waals surface area contributed by atoms with Gasteiger partial charge in [-0.05, 0) is 31.9 Å². The zero-order valence-corrected chi connectivity index (χ0v) is 12.9. The third-order valence-electron chi connectivity index (χ3n) is 2.61. The number of aromatic nitrogens is 1. The van der Waals surface area contributed by atoms with Crippen molar-refractivity contribution in [2.75, 3.05) is 6.61 Å². The lowest BCUT2D eigenvalue weighted by Gasteiger charge is -2.19. The fourth-order valence-electron chi connectivity index (χ4n) is 1.79. The Morgan fingerprint density at radius 2 is 2.11 bits per heavy atom. The Morgan fingerprint density at radius 1 is 1.37 bits per heavy atom. The second kappa shape index (κ2) is 5.47. The van der Waals surface area contributed by atoms with E-state index in [-0.39, 0.29) is 5.54 Å². The van der Waals surface area contributed by atoms with Gasteiger partial charge in [0.25, 0.3) is 0 Å². The number of hydrogen-bond donors (Lipinski definition) is 1. The average molecular weight is 278 g/mol. The van der Waals surface area contributed by atoms with Crippen LogP contribution in [0.15, 0.2) is 18.2 Å². The summed E-state index contributed by atoms with van der Waals surface area (Å²) in [7, 11) is 0. The van der Waals surface area contributed by atoms with E-state index >= 15 is 0 Å². The van der Waals surface area contributed by atoms with Gasteiger partial charge in [-0.25, -0.2) is 4.98 Å². The van der Waals surface area contributed by atoms with Gasteiger partial charge in [0.15, 0.2) is 0 Å². The highest BCUT2D eigenvalue weighted by Gasteiger charge is 2.14. The van der Waals surface area contributed by atoms with E-state index in [0.717, 1.165) is 17.7 Å². The highest BCUT2D eigenvalue weighted by atomic mass is 32.1. The number of ether oxygens (including phenoxy) is 1. The minimum atomic E-state index is -0.334. The molecule has 1 aromatic heterocycles. The monoisotopic (exact) mass is 278 g/mol. The van der Waals surface area contributed by atoms with E-state index in [9.17, 15) is 0 Å². The molecule has 0 saturated heterocycles. The van der Waals surface area contributed by atoms with Gasteiger partial charge in [-0.3, -0.25) is 0 Å². The van der Waals surface area contributed by atoms with Crippen LogP contribution < -0.4 is 10.5 Å². The van der Waals surface area contributed by atoms with Crippen LogP contribution in [-0.2, 0) is 6.42 Å². The summed E-state index contributed by atoms with van der Waals surface area (Å²) in [5, 5.41) is 1.17. The molecule has 0 atom stereocenters. The van der Waals surface area contributed by atoms with Crippen LogP contribution in [0.2, 0.25) is 0 Å². The lowest BCUT2D eigenvalue weighted by molar-refractivity contribution is 0.245. The molecule has 2 N–H and O–H groups in total. The van der Waals surface area contributed by atoms with E-state index in [1.54, 1.807) is 11.3 Å². The number of thiazole rings is 1. The maximum absolute atomic E-state index is 5.96. The van der Waals surface area contributed by atoms with E-state index in [1.807, 2.05) is 26.0 Å². The molecular formula is C15H22N2OS. The van der Waals surface area contributed by atoms with Crippen molar-refractivity contribution in [3.05, 3.63) is 23.2 Å². The summed E-state index contributed by atoms with van der Waals surface area (Å²) in [6, 6.07) is 6.07. The van der Waals surface area contributed by atoms with Gasteiger partial charge in [-0.1, -0.05) is 19.9 Å². The fourth-order valence-corrected chi connectivity index (χ4v) is 2.98. The molecule has 0 unspecified atom stereocenters. The number of rotatable bonds is 5. The summed E-state index contributed by atoms with van der Waals surface area (Å²) in [5.74, 6) is 1.45. The number of fused-ring (bicyclic) bond motifs is 1. The Bertz CT molecular complexity index is 555. The molecule has 0 saturated carbocycles. The maximum Gasteiger partial charge on any atom is 0.146 e. The van der Waals surface area contributed by atoms with Crippen LogP contribution in [0.1, 0.15) is 32.7 Å². The van der Waals surface area contributed by atoms with Gasteiger partial charge >= 0.3 is 0 Å². The molecule has 0 fully saturated rings. The van der Waals surface area contributed by atoms with Crippen molar-refractivity contribution < 1.29 is 4.74 Å². The van der Waals surface area contributed by atoms with Crippen molar-refractivity contribution in [1.82, 2.24) is 4.98 Å². The van der Waals surface area contributed by atoms with Crippen LogP contribution in [0, 0.1) is 5.92 Å². The second-order valence-electron chi connectivity index (χ2n) is 6.09. The van der Waals surface area contributed by atoms with E-state index < -0.39 is 0 Å². The van der Waals surface area contributed by atoms with Crippen LogP contribution in [0.3, 0.4) is 0 Å². The normalized spacial score (nSPS) is 12.3. The first-order chi connectivity index (χ1) is 8.85. The number of nitrogens with two attached hydrogens (primary N) is 1. The first-order valence-electron chi connectivity index (χ1n) is 6.65. The van der Waals surface area contributed by atoms with Crippen LogP contribution in [0.4, 0.5) is 0 Å². The largest absolute Gasteiger partial charge is 0.489 e. The topological polar surface area (TPSA) is 48.1 Å². The maximum atomic E-state index is 5.96. The molecule has 0 aliphatic carbocycles. The Kier molecular flexibility index (Phi) is 4.11. The SMILES string of the molecule is CC(C)Cc1nc2c(OCC(C)(C)N)cccc2s1. The molecule has 1 heterocycles. The van der Waals surface area contributed by atoms with E-state index in [1.165, 1.54) is 9.71 Å². The highest BCUT2D eigenvalue weighted by Crippen LogP contribution is 2.31. The Labute approximate surface area is 118 Å². The number of nitrogens with zero attached hydrogens (tertiary/aromatic N) is 1. The van der Waals surface area contributed by atoms with Crippen molar-refractivity contribution >= 4 is 21.6 Å². The second-order valence-corrected chi connectivity index (χ2v) is 7.20. The molecule has 104 valence electrons. The van der Waals surface area contributed by atoms with Crippen LogP contribution >= 0.6 is 11.3 Å². The van der Waals surface area contributed by atoms with Crippen molar-refractivity contribution in [2.45, 2.75) is 39.7 Å². The van der Waals surface area contributed by atoms with Crippen molar-refractivity contribution in [3.63, 3.8) is 0 Å². The molecule has 0 aliphatic heterocycles. The summed E-state index contributed by atoms with van der Waals surface area (Å²) in [4.78, 5) is 4.71. The van der Waals surface area contributed by atoms with Gasteiger partial charge in [-0.2, -0.15) is 0 Å². The summed E-state index contributed by atoms with van der Waals surface area (Å²) in [5.41, 5.74) is 6.59. The minimum Gasteiger partial charge on any atom is -0.489 e. The lowest BCUT2D eigenvalue weighted by atomic mass is 10.1. The fraction of sp³-hybridized carbons (Fsp3) is 0.533. The molecular weight excluding hydrogens is 256 g/mol. The standard InChI is InChI=1S/C15H22N2OS/c1-10(2)8-13-17-14-11(18-9-15(3,4)16)6-5-7-12(14)19-13/h5-7,10H,8-9,16H2,1-4H3. The van der Waals surface area contributed by atoms with Crippen molar-refractivity contribution in [2.24, 2.45) is 11.7 Å². The molecule has 0 aliphatic rings. The summed E-state index contributed by atoms with van der Waals surface area (Å²) < 4.78 is 7.00. The predicted molar refractivity (Wildman–Crippen MR) is 81.9 cm³/mol. The summed E-state index contributed by atoms with van der Waals surface area (Å²) in [6.07, 6.45) is 1.02. The van der Waals surface area contributed by atoms with Gasteiger partial charge in [0.1, 0.15) is 17.9 Å². The molecule has 19 heavy (non-hydrogen) atoms. The van der Waals surface area contributed by atoms with E-state index in [2.05, 4.69) is 19.9 Å². The predicted octanol–water partition coefficient (Wildman–Crippen LogP) is 3.61. The summed E-state index contributed by atoms with van der Waals surface area (Å²) >= 11 is 1.75. The smallest absolute Gasteiger partial charge is 0.146 e. The third-order valence-corrected chi connectivity index (χ3v) is 3.65. The molecule has 0 amide bonds. The molecule has 4 heteroatoms. The number of para-hydroxylation sites is 1. The molecule has 2 rings (SSSR count). The summed E-state index contributed by atoms with van der Waals surface area (Å²) in [6.45, 7) is 8.82. The molecule has 0 radical (unpaired) electrons. The highest BCUT2D eigenvalue weighted by molar-refractivity contribution is 7.18. The Morgan fingerprint density at radius 3 is 2.74 bits per heavy atom. The van der Waals surface area contributed by atoms with Crippen molar-refractivity contribution in [3.8, 4) is 5.75 Å². The van der Waals surface area contributed by atoms with E-state index in [0.29, 0.717) is 12.5 Å². The third kappa shape index (κ3) is 3.91. The number of hydrogen-bond acceptors (Lipinski definition) is 4. The van der Waals surface area contributed by atoms with Crippen LogP contribution in [-0.4, -0.2) is 17.1 Å². The molecule has 0 bridgehead atoms. The molecule has 1 aromatic carbocycles. The molecule has 2 aromatic rings. The van der Waals surface area contributed by atoms with Gasteiger partial charge in [0.05, 0.1) is 9.71 Å². The quantitative estimate of drug-likeness (QED) is 0.909. The number of benzene rings is 1. The molecule has 3 nitrogen and oxygen atoms in total. The lowest BCUT2D eigenvalue weighted by Crippen LogP contribution is -2.38. The van der Waals surface area contributed by atoms with Crippen molar-refractivity contribution in [1.29, 1.82) is 0 Å². The Balaban J connectivity index is 2.26. The zero-order valence-electron chi connectivity index (χ0n) is 12.1. The van der Waals surface area contributed by atoms with E-state index in [4.69, 9.17) is 15.5 Å².